The van der Waals surface area contributed by atoms with Gasteiger partial charge in [0, 0.05) is 24.4 Å². The van der Waals surface area contributed by atoms with Gasteiger partial charge in [-0.05, 0) is 19.1 Å². The summed E-state index contributed by atoms with van der Waals surface area (Å²) in [5.74, 6) is 0.161. The second-order valence-electron chi connectivity index (χ2n) is 4.01. The van der Waals surface area contributed by atoms with E-state index in [-0.39, 0.29) is 11.8 Å². The standard InChI is InChI=1S/C12H18N2O/c1-9(2)14-12(10(3)15)8-11-6-4-5-7-13-11/h4-7,9,12,14H,8H2,1-3H3. The number of carbonyl (C=O) groups is 1. The van der Waals surface area contributed by atoms with Crippen LogP contribution in [0, 0.1) is 0 Å². The first-order valence-corrected chi connectivity index (χ1v) is 5.26. The summed E-state index contributed by atoms with van der Waals surface area (Å²) in [4.78, 5) is 15.6. The molecule has 0 saturated heterocycles. The highest BCUT2D eigenvalue weighted by atomic mass is 16.1. The van der Waals surface area contributed by atoms with Gasteiger partial charge in [0.15, 0.2) is 0 Å². The number of Topliss-reactive ketones (excluding diaryl/α,β-unsaturated/α-hetero) is 1. The molecular weight excluding hydrogens is 188 g/mol. The van der Waals surface area contributed by atoms with E-state index in [1.54, 1.807) is 13.1 Å². The molecule has 82 valence electrons. The van der Waals surface area contributed by atoms with Gasteiger partial charge in [-0.1, -0.05) is 19.9 Å². The largest absolute Gasteiger partial charge is 0.305 e. The lowest BCUT2D eigenvalue weighted by molar-refractivity contribution is -0.119. The van der Waals surface area contributed by atoms with Crippen LogP contribution in [0.2, 0.25) is 0 Å². The maximum absolute atomic E-state index is 11.4. The number of ketones is 1. The molecule has 0 aliphatic heterocycles. The van der Waals surface area contributed by atoms with Gasteiger partial charge in [0.25, 0.3) is 0 Å². The topological polar surface area (TPSA) is 42.0 Å². The molecule has 3 heteroatoms. The van der Waals surface area contributed by atoms with Crippen LogP contribution in [0.15, 0.2) is 24.4 Å². The van der Waals surface area contributed by atoms with Crippen LogP contribution < -0.4 is 5.32 Å². The molecule has 1 aromatic heterocycles. The number of rotatable bonds is 5. The molecule has 1 aromatic rings. The van der Waals surface area contributed by atoms with Gasteiger partial charge < -0.3 is 5.32 Å². The number of pyridine rings is 1. The van der Waals surface area contributed by atoms with Gasteiger partial charge >= 0.3 is 0 Å². The van der Waals surface area contributed by atoms with Crippen LogP contribution in [0.5, 0.6) is 0 Å². The van der Waals surface area contributed by atoms with Crippen LogP contribution in [-0.2, 0) is 11.2 Å². The molecule has 1 atom stereocenters. The van der Waals surface area contributed by atoms with Crippen LogP contribution >= 0.6 is 0 Å². The Bertz CT molecular complexity index is 309. The molecule has 0 aliphatic rings. The average molecular weight is 206 g/mol. The molecule has 0 aliphatic carbocycles. The van der Waals surface area contributed by atoms with Crippen molar-refractivity contribution < 1.29 is 4.79 Å². The molecule has 1 heterocycles. The van der Waals surface area contributed by atoms with Gasteiger partial charge in [-0.3, -0.25) is 9.78 Å². The second kappa shape index (κ2) is 5.61. The van der Waals surface area contributed by atoms with Crippen molar-refractivity contribution in [1.29, 1.82) is 0 Å². The van der Waals surface area contributed by atoms with Crippen LogP contribution in [0.3, 0.4) is 0 Å². The molecule has 1 rings (SSSR count). The fourth-order valence-electron chi connectivity index (χ4n) is 1.45. The van der Waals surface area contributed by atoms with E-state index in [2.05, 4.69) is 10.3 Å². The van der Waals surface area contributed by atoms with Crippen molar-refractivity contribution in [2.45, 2.75) is 39.3 Å². The number of hydrogen-bond acceptors (Lipinski definition) is 3. The molecule has 0 radical (unpaired) electrons. The fraction of sp³-hybridized carbons (Fsp3) is 0.500. The maximum Gasteiger partial charge on any atom is 0.147 e. The quantitative estimate of drug-likeness (QED) is 0.795. The third-order valence-electron chi connectivity index (χ3n) is 2.16. The Morgan fingerprint density at radius 1 is 1.47 bits per heavy atom. The molecular formula is C12H18N2O. The summed E-state index contributed by atoms with van der Waals surface area (Å²) < 4.78 is 0. The highest BCUT2D eigenvalue weighted by molar-refractivity contribution is 5.81. The van der Waals surface area contributed by atoms with Gasteiger partial charge in [0.1, 0.15) is 5.78 Å². The molecule has 1 N–H and O–H groups in total. The third kappa shape index (κ3) is 4.21. The smallest absolute Gasteiger partial charge is 0.147 e. The lowest BCUT2D eigenvalue weighted by atomic mass is 10.1. The summed E-state index contributed by atoms with van der Waals surface area (Å²) in [7, 11) is 0. The van der Waals surface area contributed by atoms with E-state index in [9.17, 15) is 4.79 Å². The minimum Gasteiger partial charge on any atom is -0.305 e. The molecule has 0 amide bonds. The Morgan fingerprint density at radius 2 is 2.20 bits per heavy atom. The summed E-state index contributed by atoms with van der Waals surface area (Å²) in [5, 5.41) is 3.24. The molecule has 0 fully saturated rings. The van der Waals surface area contributed by atoms with Crippen molar-refractivity contribution in [3.8, 4) is 0 Å². The van der Waals surface area contributed by atoms with E-state index < -0.39 is 0 Å². The first-order chi connectivity index (χ1) is 7.09. The molecule has 3 nitrogen and oxygen atoms in total. The predicted molar refractivity (Wildman–Crippen MR) is 60.7 cm³/mol. The third-order valence-corrected chi connectivity index (χ3v) is 2.16. The zero-order valence-electron chi connectivity index (χ0n) is 9.53. The van der Waals surface area contributed by atoms with Gasteiger partial charge in [-0.2, -0.15) is 0 Å². The van der Waals surface area contributed by atoms with Crippen molar-refractivity contribution in [2.24, 2.45) is 0 Å². The van der Waals surface area contributed by atoms with Crippen molar-refractivity contribution in [1.82, 2.24) is 10.3 Å². The lowest BCUT2D eigenvalue weighted by Gasteiger charge is -2.18. The normalized spacial score (nSPS) is 12.8. The van der Waals surface area contributed by atoms with Crippen molar-refractivity contribution in [3.05, 3.63) is 30.1 Å². The Balaban J connectivity index is 2.63. The van der Waals surface area contributed by atoms with E-state index in [4.69, 9.17) is 0 Å². The maximum atomic E-state index is 11.4. The summed E-state index contributed by atoms with van der Waals surface area (Å²) >= 11 is 0. The minimum absolute atomic E-state index is 0.125. The predicted octanol–water partition coefficient (Wildman–Crippen LogP) is 1.58. The van der Waals surface area contributed by atoms with E-state index >= 15 is 0 Å². The Kier molecular flexibility index (Phi) is 4.43. The lowest BCUT2D eigenvalue weighted by Crippen LogP contribution is -2.41. The van der Waals surface area contributed by atoms with Crippen LogP contribution in [0.25, 0.3) is 0 Å². The number of carbonyl (C=O) groups excluding carboxylic acids is 1. The molecule has 15 heavy (non-hydrogen) atoms. The first-order valence-electron chi connectivity index (χ1n) is 5.26. The highest BCUT2D eigenvalue weighted by Crippen LogP contribution is 2.01. The van der Waals surface area contributed by atoms with Gasteiger partial charge in [-0.25, -0.2) is 0 Å². The van der Waals surface area contributed by atoms with E-state index in [0.29, 0.717) is 12.5 Å². The van der Waals surface area contributed by atoms with Crippen LogP contribution in [0.1, 0.15) is 26.5 Å². The Labute approximate surface area is 90.9 Å². The van der Waals surface area contributed by atoms with Crippen LogP contribution in [-0.4, -0.2) is 22.9 Å². The molecule has 0 aromatic carbocycles. The second-order valence-corrected chi connectivity index (χ2v) is 4.01. The number of nitrogens with one attached hydrogen (secondary N) is 1. The first kappa shape index (κ1) is 11.9. The fourth-order valence-corrected chi connectivity index (χ4v) is 1.45. The number of hydrogen-bond donors (Lipinski definition) is 1. The molecule has 0 saturated carbocycles. The zero-order chi connectivity index (χ0) is 11.3. The SMILES string of the molecule is CC(=O)C(Cc1ccccn1)NC(C)C. The molecule has 0 bridgehead atoms. The highest BCUT2D eigenvalue weighted by Gasteiger charge is 2.15. The van der Waals surface area contributed by atoms with Gasteiger partial charge in [0.2, 0.25) is 0 Å². The van der Waals surface area contributed by atoms with Crippen molar-refractivity contribution >= 4 is 5.78 Å². The Morgan fingerprint density at radius 3 is 2.67 bits per heavy atom. The summed E-state index contributed by atoms with van der Waals surface area (Å²) in [6.45, 7) is 5.69. The van der Waals surface area contributed by atoms with Crippen molar-refractivity contribution in [2.75, 3.05) is 0 Å². The van der Waals surface area contributed by atoms with Gasteiger partial charge in [-0.15, -0.1) is 0 Å². The molecule has 1 unspecified atom stereocenters. The summed E-state index contributed by atoms with van der Waals surface area (Å²) in [5.41, 5.74) is 0.950. The van der Waals surface area contributed by atoms with Gasteiger partial charge in [0.05, 0.1) is 6.04 Å². The minimum atomic E-state index is -0.125. The van der Waals surface area contributed by atoms with E-state index in [1.807, 2.05) is 32.0 Å². The number of nitrogens with zero attached hydrogens (tertiary/aromatic N) is 1. The Hall–Kier alpha value is -1.22. The number of aromatic nitrogens is 1. The summed E-state index contributed by atoms with van der Waals surface area (Å²) in [6.07, 6.45) is 2.41. The molecule has 0 spiro atoms. The van der Waals surface area contributed by atoms with E-state index in [0.717, 1.165) is 5.69 Å². The van der Waals surface area contributed by atoms with E-state index in [1.165, 1.54) is 0 Å². The average Bonchev–Trinajstić information content (AvgIpc) is 2.17. The van der Waals surface area contributed by atoms with Crippen LogP contribution in [0.4, 0.5) is 0 Å². The monoisotopic (exact) mass is 206 g/mol. The zero-order valence-corrected chi connectivity index (χ0v) is 9.53. The van der Waals surface area contributed by atoms with Crippen molar-refractivity contribution in [3.63, 3.8) is 0 Å². The summed E-state index contributed by atoms with van der Waals surface area (Å²) in [6, 6.07) is 5.94.